The zero-order chi connectivity index (χ0) is 15.7. The molecule has 1 aromatic heterocycles. The standard InChI is InChI=1S/C15H16N2O4S/c1-10-6-7-20-15(21-10,14-3-2-8-22-14)11-4-5-12(16)13(9-11)17(18)19/h2-5,8-10H,6-7,16H2,1H3. The quantitative estimate of drug-likeness (QED) is 0.533. The molecule has 22 heavy (non-hydrogen) atoms. The van der Waals surface area contributed by atoms with Crippen LogP contribution in [0.2, 0.25) is 0 Å². The van der Waals surface area contributed by atoms with Crippen molar-refractivity contribution >= 4 is 22.7 Å². The SMILES string of the molecule is CC1CCOC(c2ccc(N)c([N+](=O)[O-])c2)(c2cccs2)O1. The topological polar surface area (TPSA) is 87.6 Å². The maximum Gasteiger partial charge on any atom is 0.292 e. The van der Waals surface area contributed by atoms with Crippen molar-refractivity contribution in [2.24, 2.45) is 0 Å². The molecule has 1 saturated heterocycles. The number of hydrogen-bond donors (Lipinski definition) is 1. The molecule has 2 heterocycles. The van der Waals surface area contributed by atoms with Crippen LogP contribution in [0.4, 0.5) is 11.4 Å². The van der Waals surface area contributed by atoms with Gasteiger partial charge in [-0.05, 0) is 30.9 Å². The number of benzene rings is 1. The summed E-state index contributed by atoms with van der Waals surface area (Å²) >= 11 is 1.49. The Morgan fingerprint density at radius 1 is 1.45 bits per heavy atom. The maximum atomic E-state index is 11.2. The molecule has 2 N–H and O–H groups in total. The summed E-state index contributed by atoms with van der Waals surface area (Å²) in [7, 11) is 0. The van der Waals surface area contributed by atoms with Crippen molar-refractivity contribution in [3.8, 4) is 0 Å². The number of nitro benzene ring substituents is 1. The molecular weight excluding hydrogens is 304 g/mol. The van der Waals surface area contributed by atoms with Gasteiger partial charge in [-0.1, -0.05) is 12.1 Å². The molecule has 0 spiro atoms. The highest BCUT2D eigenvalue weighted by Gasteiger charge is 2.43. The molecule has 116 valence electrons. The third kappa shape index (κ3) is 2.47. The fraction of sp³-hybridized carbons (Fsp3) is 0.333. The summed E-state index contributed by atoms with van der Waals surface area (Å²) in [4.78, 5) is 11.5. The summed E-state index contributed by atoms with van der Waals surface area (Å²) in [5.74, 6) is -1.11. The van der Waals surface area contributed by atoms with Crippen molar-refractivity contribution in [2.75, 3.05) is 12.3 Å². The second-order valence-corrected chi connectivity index (χ2v) is 6.14. The molecule has 7 heteroatoms. The minimum absolute atomic E-state index is 0.00698. The molecule has 6 nitrogen and oxygen atoms in total. The molecule has 1 aliphatic heterocycles. The Labute approximate surface area is 131 Å². The van der Waals surface area contributed by atoms with Crippen molar-refractivity contribution in [2.45, 2.75) is 25.2 Å². The number of nitrogens with zero attached hydrogens (tertiary/aromatic N) is 1. The minimum Gasteiger partial charge on any atom is -0.393 e. The molecule has 0 amide bonds. The van der Waals surface area contributed by atoms with E-state index in [1.165, 1.54) is 23.5 Å². The second-order valence-electron chi connectivity index (χ2n) is 5.19. The summed E-state index contributed by atoms with van der Waals surface area (Å²) in [6.07, 6.45) is 0.775. The van der Waals surface area contributed by atoms with E-state index in [1.54, 1.807) is 6.07 Å². The Balaban J connectivity index is 2.15. The molecule has 0 radical (unpaired) electrons. The van der Waals surface area contributed by atoms with Crippen molar-refractivity contribution < 1.29 is 14.4 Å². The molecule has 0 aliphatic carbocycles. The van der Waals surface area contributed by atoms with E-state index < -0.39 is 10.7 Å². The third-order valence-electron chi connectivity index (χ3n) is 3.65. The van der Waals surface area contributed by atoms with Crippen molar-refractivity contribution in [1.29, 1.82) is 0 Å². The number of hydrogen-bond acceptors (Lipinski definition) is 6. The van der Waals surface area contributed by atoms with Gasteiger partial charge >= 0.3 is 0 Å². The summed E-state index contributed by atoms with van der Waals surface area (Å²) in [6.45, 7) is 2.49. The lowest BCUT2D eigenvalue weighted by Crippen LogP contribution is -2.41. The molecule has 1 fully saturated rings. The van der Waals surface area contributed by atoms with Gasteiger partial charge < -0.3 is 15.2 Å². The van der Waals surface area contributed by atoms with E-state index in [0.717, 1.165) is 11.3 Å². The molecule has 2 aromatic rings. The number of thiophene rings is 1. The summed E-state index contributed by atoms with van der Waals surface area (Å²) < 4.78 is 12.1. The lowest BCUT2D eigenvalue weighted by molar-refractivity contribution is -0.384. The van der Waals surface area contributed by atoms with Crippen molar-refractivity contribution in [1.82, 2.24) is 0 Å². The van der Waals surface area contributed by atoms with Gasteiger partial charge in [0.25, 0.3) is 5.69 Å². The van der Waals surface area contributed by atoms with E-state index in [1.807, 2.05) is 24.4 Å². The highest BCUT2D eigenvalue weighted by atomic mass is 32.1. The van der Waals surface area contributed by atoms with Gasteiger partial charge in [0, 0.05) is 11.6 Å². The van der Waals surface area contributed by atoms with Gasteiger partial charge in [-0.25, -0.2) is 0 Å². The average Bonchev–Trinajstić information content (AvgIpc) is 3.02. The molecule has 2 atom stereocenters. The van der Waals surface area contributed by atoms with Crippen LogP contribution in [0.15, 0.2) is 35.7 Å². The zero-order valence-corrected chi connectivity index (χ0v) is 12.8. The monoisotopic (exact) mass is 320 g/mol. The second kappa shape index (κ2) is 5.68. The maximum absolute atomic E-state index is 11.2. The van der Waals surface area contributed by atoms with E-state index in [0.29, 0.717) is 12.2 Å². The summed E-state index contributed by atoms with van der Waals surface area (Å²) in [5, 5.41) is 13.1. The lowest BCUT2D eigenvalue weighted by Gasteiger charge is -2.39. The molecule has 1 aliphatic rings. The van der Waals surface area contributed by atoms with E-state index in [4.69, 9.17) is 15.2 Å². The highest BCUT2D eigenvalue weighted by molar-refractivity contribution is 7.10. The van der Waals surface area contributed by atoms with Crippen LogP contribution >= 0.6 is 11.3 Å². The van der Waals surface area contributed by atoms with Crippen molar-refractivity contribution in [3.05, 3.63) is 56.3 Å². The lowest BCUT2D eigenvalue weighted by atomic mass is 10.0. The fourth-order valence-corrected chi connectivity index (χ4v) is 3.38. The summed E-state index contributed by atoms with van der Waals surface area (Å²) in [5.41, 5.74) is 6.26. The van der Waals surface area contributed by atoms with Crippen molar-refractivity contribution in [3.63, 3.8) is 0 Å². The zero-order valence-electron chi connectivity index (χ0n) is 12.0. The Morgan fingerprint density at radius 3 is 2.91 bits per heavy atom. The first-order chi connectivity index (χ1) is 10.5. The van der Waals surface area contributed by atoms with Crippen LogP contribution in [0.5, 0.6) is 0 Å². The average molecular weight is 320 g/mol. The van der Waals surface area contributed by atoms with Crippen LogP contribution < -0.4 is 5.73 Å². The van der Waals surface area contributed by atoms with Crippen LogP contribution in [-0.2, 0) is 15.3 Å². The van der Waals surface area contributed by atoms with Gasteiger partial charge in [-0.15, -0.1) is 11.3 Å². The predicted molar refractivity (Wildman–Crippen MR) is 83.7 cm³/mol. The Hall–Kier alpha value is -1.96. The largest absolute Gasteiger partial charge is 0.393 e. The fourth-order valence-electron chi connectivity index (χ4n) is 2.54. The van der Waals surface area contributed by atoms with Crippen LogP contribution in [0.25, 0.3) is 0 Å². The van der Waals surface area contributed by atoms with Gasteiger partial charge in [0.1, 0.15) is 5.69 Å². The van der Waals surface area contributed by atoms with Crippen LogP contribution in [0, 0.1) is 10.1 Å². The third-order valence-corrected chi connectivity index (χ3v) is 4.60. The van der Waals surface area contributed by atoms with E-state index in [-0.39, 0.29) is 17.5 Å². The number of nitrogens with two attached hydrogens (primary N) is 1. The normalized spacial score (nSPS) is 25.0. The number of ether oxygens (including phenoxy) is 2. The molecule has 0 bridgehead atoms. The van der Waals surface area contributed by atoms with E-state index >= 15 is 0 Å². The number of rotatable bonds is 3. The van der Waals surface area contributed by atoms with Gasteiger partial charge in [-0.3, -0.25) is 10.1 Å². The van der Waals surface area contributed by atoms with Crippen LogP contribution in [-0.4, -0.2) is 17.6 Å². The molecule has 0 saturated carbocycles. The number of nitro groups is 1. The van der Waals surface area contributed by atoms with E-state index in [2.05, 4.69) is 0 Å². The smallest absolute Gasteiger partial charge is 0.292 e. The Bertz CT molecular complexity index is 689. The van der Waals surface area contributed by atoms with E-state index in [9.17, 15) is 10.1 Å². The first-order valence-corrected chi connectivity index (χ1v) is 7.81. The van der Waals surface area contributed by atoms with Gasteiger partial charge in [0.05, 0.1) is 22.5 Å². The number of anilines is 1. The predicted octanol–water partition coefficient (Wildman–Crippen LogP) is 3.27. The highest BCUT2D eigenvalue weighted by Crippen LogP contribution is 2.43. The molecular formula is C15H16N2O4S. The minimum atomic E-state index is -1.11. The Kier molecular flexibility index (Phi) is 3.86. The Morgan fingerprint density at radius 2 is 2.27 bits per heavy atom. The number of nitrogen functional groups attached to an aromatic ring is 1. The summed E-state index contributed by atoms with van der Waals surface area (Å²) in [6, 6.07) is 8.49. The van der Waals surface area contributed by atoms with Crippen LogP contribution in [0.3, 0.4) is 0 Å². The van der Waals surface area contributed by atoms with Gasteiger partial charge in [0.2, 0.25) is 5.79 Å². The van der Waals surface area contributed by atoms with Gasteiger partial charge in [-0.2, -0.15) is 0 Å². The molecule has 3 rings (SSSR count). The van der Waals surface area contributed by atoms with Crippen LogP contribution in [0.1, 0.15) is 23.8 Å². The van der Waals surface area contributed by atoms with Gasteiger partial charge in [0.15, 0.2) is 0 Å². The molecule has 2 unspecified atom stereocenters. The molecule has 1 aromatic carbocycles. The first kappa shape index (κ1) is 15.0. The first-order valence-electron chi connectivity index (χ1n) is 6.93.